The number of benzene rings is 2. The summed E-state index contributed by atoms with van der Waals surface area (Å²) in [6.45, 7) is 11.9. The molecule has 1 aliphatic rings. The van der Waals surface area contributed by atoms with Crippen LogP contribution in [0.1, 0.15) is 41.5 Å². The van der Waals surface area contributed by atoms with E-state index in [0.29, 0.717) is 12.5 Å². The molecule has 1 amide bonds. The molecule has 1 saturated heterocycles. The quantitative estimate of drug-likeness (QED) is 0.707. The molecule has 2 aromatic rings. The summed E-state index contributed by atoms with van der Waals surface area (Å²) in [6, 6.07) is 14.5. The van der Waals surface area contributed by atoms with Crippen LogP contribution in [0.3, 0.4) is 0 Å². The van der Waals surface area contributed by atoms with Crippen molar-refractivity contribution in [1.29, 1.82) is 0 Å². The smallest absolute Gasteiger partial charge is 0.278 e. The van der Waals surface area contributed by atoms with Crippen LogP contribution in [0.15, 0.2) is 42.5 Å². The van der Waals surface area contributed by atoms with E-state index in [-0.39, 0.29) is 11.3 Å². The molecule has 1 N–H and O–H groups in total. The Kier molecular flexibility index (Phi) is 7.66. The van der Waals surface area contributed by atoms with Gasteiger partial charge in [-0.05, 0) is 25.5 Å². The Bertz CT molecular complexity index is 855. The molecule has 0 radical (unpaired) electrons. The van der Waals surface area contributed by atoms with Crippen molar-refractivity contribution >= 4 is 29.3 Å². The van der Waals surface area contributed by atoms with Gasteiger partial charge in [-0.1, -0.05) is 67.4 Å². The lowest BCUT2D eigenvalue weighted by molar-refractivity contribution is -0.909. The number of nitrogens with zero attached hydrogens (tertiary/aromatic N) is 1. The number of amides is 1. The lowest BCUT2D eigenvalue weighted by Gasteiger charge is -2.28. The van der Waals surface area contributed by atoms with Crippen molar-refractivity contribution in [3.05, 3.63) is 69.7 Å². The maximum absolute atomic E-state index is 13.3. The molecular formula is C24H32ClN2OS+. The standard InChI is InChI=1S/C24H31ClN2OS/c1-17(2)14-26(15-20-13-18(3)9-10-19(20)4)16-23(28)27-11-12-29-24(27)21-7-5-6-8-22(21)25/h5-10,13,17,24H,11-12,14-16H2,1-4H3/p+1/t24-/m0/s1. The third kappa shape index (κ3) is 5.78. The number of quaternary nitrogens is 1. The van der Waals surface area contributed by atoms with Crippen molar-refractivity contribution in [2.24, 2.45) is 5.92 Å². The predicted molar refractivity (Wildman–Crippen MR) is 124 cm³/mol. The molecule has 1 heterocycles. The molecule has 3 rings (SSSR count). The van der Waals surface area contributed by atoms with Crippen LogP contribution in [0.25, 0.3) is 0 Å². The summed E-state index contributed by atoms with van der Waals surface area (Å²) in [5.41, 5.74) is 4.96. The Balaban J connectivity index is 1.75. The lowest BCUT2D eigenvalue weighted by atomic mass is 10.0. The highest BCUT2D eigenvalue weighted by Crippen LogP contribution is 2.40. The first-order valence-electron chi connectivity index (χ1n) is 10.4. The van der Waals surface area contributed by atoms with E-state index in [1.54, 1.807) is 11.8 Å². The van der Waals surface area contributed by atoms with Gasteiger partial charge in [-0.15, -0.1) is 11.8 Å². The molecule has 5 heteroatoms. The van der Waals surface area contributed by atoms with Crippen LogP contribution < -0.4 is 4.90 Å². The van der Waals surface area contributed by atoms with Gasteiger partial charge >= 0.3 is 0 Å². The number of halogens is 1. The van der Waals surface area contributed by atoms with E-state index in [0.717, 1.165) is 36.0 Å². The maximum atomic E-state index is 13.3. The fourth-order valence-electron chi connectivity index (χ4n) is 4.02. The van der Waals surface area contributed by atoms with Crippen LogP contribution in [0.2, 0.25) is 5.02 Å². The molecule has 0 bridgehead atoms. The number of aryl methyl sites for hydroxylation is 2. The zero-order chi connectivity index (χ0) is 21.0. The second-order valence-electron chi connectivity index (χ2n) is 8.46. The normalized spacial score (nSPS) is 17.7. The average Bonchev–Trinajstić information content (AvgIpc) is 3.14. The van der Waals surface area contributed by atoms with E-state index in [9.17, 15) is 4.79 Å². The van der Waals surface area contributed by atoms with E-state index in [4.69, 9.17) is 11.6 Å². The maximum Gasteiger partial charge on any atom is 0.278 e. The molecule has 1 aliphatic heterocycles. The lowest BCUT2D eigenvalue weighted by Crippen LogP contribution is -3.12. The van der Waals surface area contributed by atoms with Gasteiger partial charge in [0.1, 0.15) is 11.9 Å². The van der Waals surface area contributed by atoms with Crippen molar-refractivity contribution in [1.82, 2.24) is 4.90 Å². The summed E-state index contributed by atoms with van der Waals surface area (Å²) in [6.07, 6.45) is 0. The van der Waals surface area contributed by atoms with Crippen LogP contribution in [-0.4, -0.2) is 36.2 Å². The summed E-state index contributed by atoms with van der Waals surface area (Å²) < 4.78 is 0. The van der Waals surface area contributed by atoms with E-state index < -0.39 is 0 Å². The van der Waals surface area contributed by atoms with Gasteiger partial charge in [-0.2, -0.15) is 0 Å². The molecule has 0 aliphatic carbocycles. The van der Waals surface area contributed by atoms with Crippen LogP contribution in [0, 0.1) is 19.8 Å². The van der Waals surface area contributed by atoms with Crippen LogP contribution in [0.4, 0.5) is 0 Å². The van der Waals surface area contributed by atoms with Crippen molar-refractivity contribution in [3.63, 3.8) is 0 Å². The van der Waals surface area contributed by atoms with Crippen molar-refractivity contribution in [2.45, 2.75) is 39.6 Å². The van der Waals surface area contributed by atoms with Gasteiger partial charge in [-0.25, -0.2) is 0 Å². The monoisotopic (exact) mass is 431 g/mol. The van der Waals surface area contributed by atoms with Crippen molar-refractivity contribution in [2.75, 3.05) is 25.4 Å². The number of hydrogen-bond acceptors (Lipinski definition) is 2. The number of hydrogen-bond donors (Lipinski definition) is 1. The summed E-state index contributed by atoms with van der Waals surface area (Å²) >= 11 is 8.24. The van der Waals surface area contributed by atoms with Gasteiger partial charge in [0.2, 0.25) is 0 Å². The van der Waals surface area contributed by atoms with Gasteiger partial charge in [0, 0.05) is 34.4 Å². The van der Waals surface area contributed by atoms with Crippen LogP contribution >= 0.6 is 23.4 Å². The molecule has 0 spiro atoms. The molecule has 0 aromatic heterocycles. The van der Waals surface area contributed by atoms with E-state index in [1.165, 1.54) is 21.6 Å². The first-order chi connectivity index (χ1) is 13.8. The Morgan fingerprint density at radius 3 is 2.72 bits per heavy atom. The van der Waals surface area contributed by atoms with Gasteiger partial charge in [0.05, 0.1) is 6.54 Å². The van der Waals surface area contributed by atoms with Gasteiger partial charge in [-0.3, -0.25) is 4.79 Å². The zero-order valence-corrected chi connectivity index (χ0v) is 19.4. The summed E-state index contributed by atoms with van der Waals surface area (Å²) in [4.78, 5) is 16.7. The molecule has 3 nitrogen and oxygen atoms in total. The second kappa shape index (κ2) is 10.0. The first-order valence-corrected chi connectivity index (χ1v) is 11.8. The molecule has 1 unspecified atom stereocenters. The summed E-state index contributed by atoms with van der Waals surface area (Å²) in [7, 11) is 0. The summed E-state index contributed by atoms with van der Waals surface area (Å²) in [5.74, 6) is 1.72. The minimum atomic E-state index is 0.0252. The average molecular weight is 432 g/mol. The third-order valence-electron chi connectivity index (χ3n) is 5.43. The van der Waals surface area contributed by atoms with Gasteiger partial charge in [0.25, 0.3) is 5.91 Å². The van der Waals surface area contributed by atoms with E-state index in [2.05, 4.69) is 45.9 Å². The Morgan fingerprint density at radius 1 is 1.24 bits per heavy atom. The zero-order valence-electron chi connectivity index (χ0n) is 17.9. The molecule has 0 saturated carbocycles. The minimum Gasteiger partial charge on any atom is -0.323 e. The highest BCUT2D eigenvalue weighted by atomic mass is 35.5. The molecule has 2 aromatic carbocycles. The number of thioether (sulfide) groups is 1. The Morgan fingerprint density at radius 2 is 2.00 bits per heavy atom. The van der Waals surface area contributed by atoms with Crippen molar-refractivity contribution in [3.8, 4) is 0 Å². The molecular weight excluding hydrogens is 400 g/mol. The van der Waals surface area contributed by atoms with Gasteiger partial charge < -0.3 is 9.80 Å². The highest BCUT2D eigenvalue weighted by molar-refractivity contribution is 7.99. The fraction of sp³-hybridized carbons (Fsp3) is 0.458. The van der Waals surface area contributed by atoms with E-state index >= 15 is 0 Å². The molecule has 29 heavy (non-hydrogen) atoms. The predicted octanol–water partition coefficient (Wildman–Crippen LogP) is 4.27. The minimum absolute atomic E-state index is 0.0252. The fourth-order valence-corrected chi connectivity index (χ4v) is 5.64. The Labute approximate surface area is 184 Å². The molecule has 2 atom stereocenters. The summed E-state index contributed by atoms with van der Waals surface area (Å²) in [5, 5.41) is 0.767. The number of rotatable bonds is 7. The third-order valence-corrected chi connectivity index (χ3v) is 7.01. The van der Waals surface area contributed by atoms with Crippen LogP contribution in [0.5, 0.6) is 0 Å². The molecule has 1 fully saturated rings. The SMILES string of the molecule is Cc1ccc(C)c(C[NH+](CC(=O)N2CCS[C@H]2c2ccccc2Cl)CC(C)C)c1. The van der Waals surface area contributed by atoms with Crippen LogP contribution in [-0.2, 0) is 11.3 Å². The Hall–Kier alpha value is -1.49. The number of nitrogens with one attached hydrogen (secondary N) is 1. The van der Waals surface area contributed by atoms with Gasteiger partial charge in [0.15, 0.2) is 6.54 Å². The highest BCUT2D eigenvalue weighted by Gasteiger charge is 2.33. The first kappa shape index (κ1) is 22.2. The van der Waals surface area contributed by atoms with E-state index in [1.807, 2.05) is 29.2 Å². The number of carbonyl (C=O) groups is 1. The topological polar surface area (TPSA) is 24.8 Å². The molecule has 156 valence electrons. The van der Waals surface area contributed by atoms with Crippen molar-refractivity contribution < 1.29 is 9.69 Å². The largest absolute Gasteiger partial charge is 0.323 e. The second-order valence-corrected chi connectivity index (χ2v) is 10.1. The number of carbonyl (C=O) groups excluding carboxylic acids is 1.